The molecule has 0 aliphatic heterocycles. The molecule has 0 aliphatic rings. The van der Waals surface area contributed by atoms with Crippen molar-refractivity contribution in [1.82, 2.24) is 0 Å². The van der Waals surface area contributed by atoms with Crippen LogP contribution in [0.5, 0.6) is 0 Å². The maximum Gasteiger partial charge on any atom is 0.588 e. The maximum atomic E-state index is 13.2. The Kier molecular flexibility index (Phi) is 4.57. The zero-order chi connectivity index (χ0) is 12.9. The van der Waals surface area contributed by atoms with Gasteiger partial charge in [-0.25, -0.2) is 8.22 Å². The highest BCUT2D eigenvalue weighted by atomic mass is 28.4. The minimum absolute atomic E-state index is 0.129. The van der Waals surface area contributed by atoms with E-state index < -0.39 is 21.3 Å². The van der Waals surface area contributed by atoms with Crippen molar-refractivity contribution in [3.63, 3.8) is 0 Å². The standard InChI is InChI=1S/C8H7F5O3Si/c9-8(14-10,15-11)16-17(12,13)6-7-4-2-1-3-5-7/h1-5H,6H2. The molecule has 0 spiro atoms. The Morgan fingerprint density at radius 2 is 1.59 bits per heavy atom. The van der Waals surface area contributed by atoms with Crippen LogP contribution in [0.1, 0.15) is 5.56 Å². The molecule has 96 valence electrons. The number of hydrogen-bond donors (Lipinski definition) is 0. The Morgan fingerprint density at radius 1 is 1.06 bits per heavy atom. The number of rotatable bonds is 6. The van der Waals surface area contributed by atoms with Gasteiger partial charge in [0.15, 0.2) is 0 Å². The lowest BCUT2D eigenvalue weighted by molar-refractivity contribution is -0.540. The van der Waals surface area contributed by atoms with Gasteiger partial charge >= 0.3 is 15.2 Å². The lowest BCUT2D eigenvalue weighted by atomic mass is 10.2. The second-order valence-electron chi connectivity index (χ2n) is 3.04. The molecule has 0 saturated heterocycles. The van der Waals surface area contributed by atoms with Crippen LogP contribution in [0.4, 0.5) is 21.7 Å². The van der Waals surface area contributed by atoms with Gasteiger partial charge in [-0.2, -0.15) is 0 Å². The largest absolute Gasteiger partial charge is 0.588 e. The van der Waals surface area contributed by atoms with Crippen molar-refractivity contribution in [2.75, 3.05) is 0 Å². The molecule has 3 nitrogen and oxygen atoms in total. The van der Waals surface area contributed by atoms with Crippen LogP contribution in [0, 0.1) is 0 Å². The molecule has 0 amide bonds. The number of halogens is 5. The van der Waals surface area contributed by atoms with Gasteiger partial charge in [-0.3, -0.25) is 4.43 Å². The zero-order valence-corrected chi connectivity index (χ0v) is 9.21. The van der Waals surface area contributed by atoms with Gasteiger partial charge < -0.3 is 0 Å². The first kappa shape index (κ1) is 14.0. The van der Waals surface area contributed by atoms with E-state index in [0.29, 0.717) is 0 Å². The molecule has 0 saturated carbocycles. The Balaban J connectivity index is 2.69. The third-order valence-corrected chi connectivity index (χ3v) is 3.07. The fourth-order valence-electron chi connectivity index (χ4n) is 1.09. The van der Waals surface area contributed by atoms with Crippen LogP contribution in [0.3, 0.4) is 0 Å². The third kappa shape index (κ3) is 4.38. The fourth-order valence-corrected chi connectivity index (χ4v) is 2.29. The van der Waals surface area contributed by atoms with Crippen LogP contribution < -0.4 is 0 Å². The van der Waals surface area contributed by atoms with Crippen molar-refractivity contribution in [1.29, 1.82) is 0 Å². The van der Waals surface area contributed by atoms with E-state index in [2.05, 4.69) is 14.3 Å². The second kappa shape index (κ2) is 5.54. The highest BCUT2D eigenvalue weighted by molar-refractivity contribution is 6.58. The van der Waals surface area contributed by atoms with Crippen molar-refractivity contribution in [2.45, 2.75) is 12.3 Å². The lowest BCUT2D eigenvalue weighted by Gasteiger charge is -2.19. The summed E-state index contributed by atoms with van der Waals surface area (Å²) >= 11 is 0. The van der Waals surface area contributed by atoms with E-state index in [9.17, 15) is 21.7 Å². The molecular weight excluding hydrogens is 267 g/mol. The predicted molar refractivity (Wildman–Crippen MR) is 47.4 cm³/mol. The second-order valence-corrected chi connectivity index (χ2v) is 4.87. The first-order chi connectivity index (χ1) is 7.91. The van der Waals surface area contributed by atoms with E-state index in [4.69, 9.17) is 0 Å². The van der Waals surface area contributed by atoms with Crippen LogP contribution >= 0.6 is 0 Å². The van der Waals surface area contributed by atoms with Crippen molar-refractivity contribution in [2.24, 2.45) is 0 Å². The monoisotopic (exact) mass is 274 g/mol. The summed E-state index contributed by atoms with van der Waals surface area (Å²) in [6, 6.07) is 6.22. The smallest absolute Gasteiger partial charge is 0.282 e. The van der Waals surface area contributed by atoms with Gasteiger partial charge in [-0.15, -0.1) is 4.39 Å². The number of benzene rings is 1. The maximum absolute atomic E-state index is 13.2. The van der Waals surface area contributed by atoms with E-state index in [-0.39, 0.29) is 5.56 Å². The SMILES string of the molecule is FOC(F)(OF)O[Si](F)(F)Cc1ccccc1. The van der Waals surface area contributed by atoms with Crippen LogP contribution in [0.25, 0.3) is 0 Å². The van der Waals surface area contributed by atoms with Crippen molar-refractivity contribution < 1.29 is 36.0 Å². The first-order valence-corrected chi connectivity index (χ1v) is 6.18. The molecule has 0 unspecified atom stereocenters. The molecule has 1 aromatic carbocycles. The molecule has 1 aromatic rings. The van der Waals surface area contributed by atoms with Gasteiger partial charge in [0.2, 0.25) is 0 Å². The molecule has 0 radical (unpaired) electrons. The van der Waals surface area contributed by atoms with Gasteiger partial charge in [0.1, 0.15) is 0 Å². The van der Waals surface area contributed by atoms with Crippen LogP contribution in [0.15, 0.2) is 30.3 Å². The molecule has 17 heavy (non-hydrogen) atoms. The summed E-state index contributed by atoms with van der Waals surface area (Å²) < 4.78 is 65.1. The summed E-state index contributed by atoms with van der Waals surface area (Å²) in [5.74, 6) is 0. The first-order valence-electron chi connectivity index (χ1n) is 4.31. The number of alkyl halides is 1. The average Bonchev–Trinajstić information content (AvgIpc) is 2.29. The minimum atomic E-state index is -5.73. The topological polar surface area (TPSA) is 27.7 Å². The Morgan fingerprint density at radius 3 is 2.06 bits per heavy atom. The zero-order valence-electron chi connectivity index (χ0n) is 8.21. The Labute approximate surface area is 94.0 Å². The van der Waals surface area contributed by atoms with E-state index in [0.717, 1.165) is 0 Å². The van der Waals surface area contributed by atoms with Gasteiger partial charge in [-0.05, 0) is 14.6 Å². The molecule has 0 atom stereocenters. The molecule has 1 rings (SSSR count). The quantitative estimate of drug-likeness (QED) is 0.345. The normalized spacial score (nSPS) is 12.8. The summed E-state index contributed by atoms with van der Waals surface area (Å²) in [4.78, 5) is 4.46. The molecule has 0 bridgehead atoms. The molecular formula is C8H7F5O3Si. The van der Waals surface area contributed by atoms with Crippen molar-refractivity contribution in [3.8, 4) is 0 Å². The van der Waals surface area contributed by atoms with Crippen LogP contribution in [-0.2, 0) is 20.4 Å². The lowest BCUT2D eigenvalue weighted by Crippen LogP contribution is -2.43. The van der Waals surface area contributed by atoms with E-state index in [1.807, 2.05) is 0 Å². The summed E-state index contributed by atoms with van der Waals surface area (Å²) in [5, 5.41) is 0. The third-order valence-electron chi connectivity index (χ3n) is 1.71. The summed E-state index contributed by atoms with van der Waals surface area (Å²) in [5.41, 5.74) is 0.129. The van der Waals surface area contributed by atoms with Crippen molar-refractivity contribution >= 4 is 8.99 Å². The van der Waals surface area contributed by atoms with E-state index in [1.54, 1.807) is 6.07 Å². The summed E-state index contributed by atoms with van der Waals surface area (Å²) in [7, 11) is -5.73. The molecule has 0 heterocycles. The van der Waals surface area contributed by atoms with Crippen LogP contribution in [-0.4, -0.2) is 15.2 Å². The Hall–Kier alpha value is -1.03. The van der Waals surface area contributed by atoms with Gasteiger partial charge in [-0.1, -0.05) is 40.2 Å². The molecule has 0 N–H and O–H groups in total. The van der Waals surface area contributed by atoms with Gasteiger partial charge in [0, 0.05) is 0 Å². The predicted octanol–water partition coefficient (Wildman–Crippen LogP) is 3.05. The fraction of sp³-hybridized carbons (Fsp3) is 0.250. The highest BCUT2D eigenvalue weighted by Crippen LogP contribution is 2.27. The Bertz CT molecular complexity index is 346. The molecule has 9 heteroatoms. The van der Waals surface area contributed by atoms with E-state index in [1.165, 1.54) is 24.3 Å². The molecule has 0 aromatic heterocycles. The average molecular weight is 274 g/mol. The minimum Gasteiger partial charge on any atom is -0.282 e. The molecule has 0 fully saturated rings. The number of hydrogen-bond acceptors (Lipinski definition) is 3. The summed E-state index contributed by atoms with van der Waals surface area (Å²) in [6.45, 7) is 0. The van der Waals surface area contributed by atoms with Crippen LogP contribution in [0.2, 0.25) is 0 Å². The van der Waals surface area contributed by atoms with Crippen molar-refractivity contribution in [3.05, 3.63) is 35.9 Å². The van der Waals surface area contributed by atoms with Gasteiger partial charge in [0.25, 0.3) is 0 Å². The highest BCUT2D eigenvalue weighted by Gasteiger charge is 2.52. The van der Waals surface area contributed by atoms with Gasteiger partial charge in [0.05, 0.1) is 6.04 Å². The summed E-state index contributed by atoms with van der Waals surface area (Å²) in [6.07, 6.45) is -4.52. The van der Waals surface area contributed by atoms with E-state index >= 15 is 0 Å². The molecule has 0 aliphatic carbocycles.